The summed E-state index contributed by atoms with van der Waals surface area (Å²) in [7, 11) is 0. The maximum atomic E-state index is 11.8. The molecule has 0 aliphatic carbocycles. The number of esters is 1. The van der Waals surface area contributed by atoms with Crippen LogP contribution in [-0.4, -0.2) is 25.9 Å². The zero-order chi connectivity index (χ0) is 11.7. The lowest BCUT2D eigenvalue weighted by atomic mass is 10.1. The zero-order valence-corrected chi connectivity index (χ0v) is 9.27. The Balaban J connectivity index is 1.70. The lowest BCUT2D eigenvalue weighted by molar-refractivity contribution is -0.138. The molecular weight excluding hydrogens is 222 g/mol. The molecule has 1 unspecified atom stereocenters. The third kappa shape index (κ3) is 2.06. The molecule has 0 amide bonds. The first-order valence-corrected chi connectivity index (χ1v) is 5.65. The van der Waals surface area contributed by atoms with E-state index < -0.39 is 0 Å². The van der Waals surface area contributed by atoms with Crippen LogP contribution in [0.2, 0.25) is 0 Å². The van der Waals surface area contributed by atoms with E-state index in [0.29, 0.717) is 23.8 Å². The van der Waals surface area contributed by atoms with E-state index in [0.717, 1.165) is 13.0 Å². The molecule has 1 N–H and O–H groups in total. The molecule has 1 aromatic rings. The van der Waals surface area contributed by atoms with Gasteiger partial charge in [0.1, 0.15) is 5.75 Å². The predicted molar refractivity (Wildman–Crippen MR) is 59.2 cm³/mol. The van der Waals surface area contributed by atoms with E-state index in [-0.39, 0.29) is 18.7 Å². The van der Waals surface area contributed by atoms with Gasteiger partial charge in [0, 0.05) is 12.6 Å². The van der Waals surface area contributed by atoms with Crippen molar-refractivity contribution in [2.75, 3.05) is 19.9 Å². The first-order chi connectivity index (χ1) is 8.33. The Morgan fingerprint density at radius 3 is 3.06 bits per heavy atom. The summed E-state index contributed by atoms with van der Waals surface area (Å²) < 4.78 is 15.7. The van der Waals surface area contributed by atoms with Crippen LogP contribution in [-0.2, 0) is 4.79 Å². The predicted octanol–water partition coefficient (Wildman–Crippen LogP) is 0.930. The molecule has 1 saturated heterocycles. The number of hydrogen-bond acceptors (Lipinski definition) is 5. The first-order valence-electron chi connectivity index (χ1n) is 5.65. The molecular formula is C12H13NO4. The summed E-state index contributed by atoms with van der Waals surface area (Å²) in [4.78, 5) is 11.8. The van der Waals surface area contributed by atoms with Crippen LogP contribution >= 0.6 is 0 Å². The average molecular weight is 235 g/mol. The number of rotatable bonds is 2. The van der Waals surface area contributed by atoms with Crippen LogP contribution in [0.3, 0.4) is 0 Å². The molecule has 5 nitrogen and oxygen atoms in total. The van der Waals surface area contributed by atoms with Crippen molar-refractivity contribution < 1.29 is 19.0 Å². The van der Waals surface area contributed by atoms with Crippen molar-refractivity contribution in [2.45, 2.75) is 6.42 Å². The monoisotopic (exact) mass is 235 g/mol. The van der Waals surface area contributed by atoms with Crippen LogP contribution in [0.15, 0.2) is 18.2 Å². The maximum Gasteiger partial charge on any atom is 0.315 e. The van der Waals surface area contributed by atoms with Gasteiger partial charge in [0.05, 0.1) is 5.92 Å². The van der Waals surface area contributed by atoms with Crippen molar-refractivity contribution in [2.24, 2.45) is 5.92 Å². The average Bonchev–Trinajstić information content (AvgIpc) is 2.99. The van der Waals surface area contributed by atoms with Crippen LogP contribution in [0.4, 0.5) is 0 Å². The number of ether oxygens (including phenoxy) is 3. The van der Waals surface area contributed by atoms with Gasteiger partial charge in [0.15, 0.2) is 11.5 Å². The zero-order valence-electron chi connectivity index (χ0n) is 9.27. The van der Waals surface area contributed by atoms with Gasteiger partial charge in [-0.25, -0.2) is 0 Å². The lowest BCUT2D eigenvalue weighted by Crippen LogP contribution is -2.22. The second-order valence-corrected chi connectivity index (χ2v) is 4.13. The van der Waals surface area contributed by atoms with Crippen molar-refractivity contribution in [1.29, 1.82) is 0 Å². The molecule has 1 atom stereocenters. The molecule has 2 aliphatic heterocycles. The molecule has 0 bridgehead atoms. The van der Waals surface area contributed by atoms with E-state index >= 15 is 0 Å². The molecule has 0 saturated carbocycles. The molecule has 2 aliphatic rings. The molecule has 2 heterocycles. The Hall–Kier alpha value is -1.75. The van der Waals surface area contributed by atoms with Crippen LogP contribution in [0.5, 0.6) is 17.2 Å². The SMILES string of the molecule is O=C(Oc1ccc2c(c1)OCO2)C1CCNC1. The van der Waals surface area contributed by atoms with Gasteiger partial charge < -0.3 is 19.5 Å². The first kappa shape index (κ1) is 10.4. The molecule has 3 rings (SSSR count). The van der Waals surface area contributed by atoms with Crippen LogP contribution < -0.4 is 19.5 Å². The third-order valence-corrected chi connectivity index (χ3v) is 2.96. The van der Waals surface area contributed by atoms with Gasteiger partial charge in [-0.05, 0) is 25.1 Å². The molecule has 5 heteroatoms. The second kappa shape index (κ2) is 4.25. The number of carbonyl (C=O) groups excluding carboxylic acids is 1. The Kier molecular flexibility index (Phi) is 2.60. The van der Waals surface area contributed by atoms with Gasteiger partial charge in [-0.15, -0.1) is 0 Å². The van der Waals surface area contributed by atoms with Gasteiger partial charge in [-0.1, -0.05) is 0 Å². The fourth-order valence-corrected chi connectivity index (χ4v) is 2.00. The van der Waals surface area contributed by atoms with Gasteiger partial charge in [0.2, 0.25) is 6.79 Å². The maximum absolute atomic E-state index is 11.8. The number of nitrogens with one attached hydrogen (secondary N) is 1. The van der Waals surface area contributed by atoms with Crippen LogP contribution in [0.1, 0.15) is 6.42 Å². The highest BCUT2D eigenvalue weighted by Gasteiger charge is 2.25. The van der Waals surface area contributed by atoms with Crippen LogP contribution in [0, 0.1) is 5.92 Å². The highest BCUT2D eigenvalue weighted by molar-refractivity contribution is 5.76. The van der Waals surface area contributed by atoms with Crippen molar-refractivity contribution in [3.8, 4) is 17.2 Å². The van der Waals surface area contributed by atoms with Gasteiger partial charge in [0.25, 0.3) is 0 Å². The van der Waals surface area contributed by atoms with E-state index in [4.69, 9.17) is 14.2 Å². The van der Waals surface area contributed by atoms with Gasteiger partial charge >= 0.3 is 5.97 Å². The summed E-state index contributed by atoms with van der Waals surface area (Å²) in [5.74, 6) is 1.59. The summed E-state index contributed by atoms with van der Waals surface area (Å²) in [6, 6.07) is 5.15. The number of carbonyl (C=O) groups is 1. The van der Waals surface area contributed by atoms with E-state index in [2.05, 4.69) is 5.32 Å². The third-order valence-electron chi connectivity index (χ3n) is 2.96. The van der Waals surface area contributed by atoms with E-state index in [9.17, 15) is 4.79 Å². The summed E-state index contributed by atoms with van der Waals surface area (Å²) in [5, 5.41) is 3.14. The molecule has 0 radical (unpaired) electrons. The van der Waals surface area contributed by atoms with Crippen molar-refractivity contribution >= 4 is 5.97 Å². The fraction of sp³-hybridized carbons (Fsp3) is 0.417. The van der Waals surface area contributed by atoms with E-state index in [1.807, 2.05) is 0 Å². The Labute approximate surface area is 98.7 Å². The Morgan fingerprint density at radius 1 is 1.35 bits per heavy atom. The smallest absolute Gasteiger partial charge is 0.315 e. The standard InChI is InChI=1S/C12H13NO4/c14-12(8-3-4-13-6-8)17-9-1-2-10-11(5-9)16-7-15-10/h1-2,5,8,13H,3-4,6-7H2. The summed E-state index contributed by atoms with van der Waals surface area (Å²) in [5.41, 5.74) is 0. The van der Waals surface area contributed by atoms with Gasteiger partial charge in [-0.3, -0.25) is 4.79 Å². The molecule has 17 heavy (non-hydrogen) atoms. The normalized spacial score (nSPS) is 21.5. The summed E-state index contributed by atoms with van der Waals surface area (Å²) in [6.07, 6.45) is 0.837. The van der Waals surface area contributed by atoms with E-state index in [1.54, 1.807) is 18.2 Å². The largest absolute Gasteiger partial charge is 0.454 e. The summed E-state index contributed by atoms with van der Waals surface area (Å²) in [6.45, 7) is 1.80. The molecule has 1 aromatic carbocycles. The minimum absolute atomic E-state index is 0.0413. The highest BCUT2D eigenvalue weighted by Crippen LogP contribution is 2.35. The quantitative estimate of drug-likeness (QED) is 0.610. The minimum atomic E-state index is -0.186. The van der Waals surface area contributed by atoms with Crippen molar-refractivity contribution in [1.82, 2.24) is 5.32 Å². The van der Waals surface area contributed by atoms with Crippen molar-refractivity contribution in [3.05, 3.63) is 18.2 Å². The van der Waals surface area contributed by atoms with Crippen molar-refractivity contribution in [3.63, 3.8) is 0 Å². The molecule has 0 spiro atoms. The lowest BCUT2D eigenvalue weighted by Gasteiger charge is -2.08. The number of hydrogen-bond donors (Lipinski definition) is 1. The summed E-state index contributed by atoms with van der Waals surface area (Å²) >= 11 is 0. The topological polar surface area (TPSA) is 56.8 Å². The van der Waals surface area contributed by atoms with E-state index in [1.165, 1.54) is 0 Å². The Bertz CT molecular complexity index is 440. The highest BCUT2D eigenvalue weighted by atomic mass is 16.7. The number of fused-ring (bicyclic) bond motifs is 1. The fourth-order valence-electron chi connectivity index (χ4n) is 2.00. The van der Waals surface area contributed by atoms with Gasteiger partial charge in [-0.2, -0.15) is 0 Å². The van der Waals surface area contributed by atoms with Crippen LogP contribution in [0.25, 0.3) is 0 Å². The molecule has 90 valence electrons. The Morgan fingerprint density at radius 2 is 2.24 bits per heavy atom. The minimum Gasteiger partial charge on any atom is -0.454 e. The number of benzene rings is 1. The molecule has 1 fully saturated rings. The molecule has 0 aromatic heterocycles. The second-order valence-electron chi connectivity index (χ2n) is 4.13.